The molecule has 0 aliphatic rings. The molecule has 3 rings (SSSR count). The highest BCUT2D eigenvalue weighted by molar-refractivity contribution is 5.72. The van der Waals surface area contributed by atoms with Gasteiger partial charge in [-0.25, -0.2) is 4.79 Å². The number of nitrogens with zero attached hydrogens (tertiary/aromatic N) is 2. The molecule has 2 N–H and O–H groups in total. The average Bonchev–Trinajstić information content (AvgIpc) is 3.11. The smallest absolute Gasteiger partial charge is 0.439 e. The lowest BCUT2D eigenvalue weighted by atomic mass is 10.0. The molecule has 0 aliphatic heterocycles. The molecule has 1 amide bonds. The summed E-state index contributed by atoms with van der Waals surface area (Å²) in [4.78, 5) is 29.1. The van der Waals surface area contributed by atoms with Gasteiger partial charge in [-0.05, 0) is 23.8 Å². The highest BCUT2D eigenvalue weighted by atomic mass is 19.4. The number of rotatable bonds is 7. The second-order valence-electron chi connectivity index (χ2n) is 6.28. The second-order valence-corrected chi connectivity index (χ2v) is 6.28. The number of pyridine rings is 1. The number of H-pyrrole nitrogens is 1. The van der Waals surface area contributed by atoms with Crippen LogP contribution < -0.4 is 15.8 Å². The number of ether oxygens (including phenoxy) is 1. The van der Waals surface area contributed by atoms with Crippen molar-refractivity contribution in [2.24, 2.45) is 0 Å². The van der Waals surface area contributed by atoms with Crippen molar-refractivity contribution < 1.29 is 27.2 Å². The van der Waals surface area contributed by atoms with Crippen LogP contribution in [-0.4, -0.2) is 34.2 Å². The van der Waals surface area contributed by atoms with Gasteiger partial charge in [0.2, 0.25) is 5.91 Å². The number of amides is 1. The first-order valence-electron chi connectivity index (χ1n) is 8.81. The summed E-state index contributed by atoms with van der Waals surface area (Å²) in [5.74, 6) is -0.595. The maximum atomic E-state index is 12.8. The molecule has 0 unspecified atom stereocenters. The van der Waals surface area contributed by atoms with Crippen LogP contribution in [0.3, 0.4) is 0 Å². The van der Waals surface area contributed by atoms with Gasteiger partial charge < -0.3 is 10.1 Å². The zero-order chi connectivity index (χ0) is 21.7. The Balaban J connectivity index is 1.90. The highest BCUT2D eigenvalue weighted by Crippen LogP contribution is 2.32. The maximum absolute atomic E-state index is 12.8. The lowest BCUT2D eigenvalue weighted by Gasteiger charge is -2.14. The Morgan fingerprint density at radius 3 is 2.57 bits per heavy atom. The second kappa shape index (κ2) is 8.80. The van der Waals surface area contributed by atoms with E-state index in [1.807, 2.05) is 0 Å². The number of halogens is 3. The van der Waals surface area contributed by atoms with Crippen molar-refractivity contribution >= 4 is 5.91 Å². The molecule has 0 radical (unpaired) electrons. The zero-order valence-electron chi connectivity index (χ0n) is 15.7. The van der Waals surface area contributed by atoms with E-state index in [9.17, 15) is 22.8 Å². The van der Waals surface area contributed by atoms with Crippen molar-refractivity contribution in [2.75, 3.05) is 13.2 Å². The highest BCUT2D eigenvalue weighted by Gasteiger charge is 2.30. The number of aromatic nitrogens is 3. The van der Waals surface area contributed by atoms with Gasteiger partial charge in [0.05, 0.1) is 23.4 Å². The topological polar surface area (TPSA) is 110 Å². The van der Waals surface area contributed by atoms with Gasteiger partial charge in [0.15, 0.2) is 5.82 Å². The number of hydrogen-bond donors (Lipinski definition) is 2. The van der Waals surface area contributed by atoms with Gasteiger partial charge in [-0.2, -0.15) is 13.2 Å². The number of alkyl halides is 3. The molecule has 158 valence electrons. The van der Waals surface area contributed by atoms with Crippen LogP contribution in [0.2, 0.25) is 0 Å². The van der Waals surface area contributed by atoms with Crippen LogP contribution in [0.15, 0.2) is 45.8 Å². The fourth-order valence-corrected chi connectivity index (χ4v) is 2.72. The lowest BCUT2D eigenvalue weighted by molar-refractivity contribution is -0.137. The Morgan fingerprint density at radius 1 is 1.23 bits per heavy atom. The first kappa shape index (κ1) is 21.1. The quantitative estimate of drug-likeness (QED) is 0.567. The average molecular weight is 422 g/mol. The number of nitrogens with one attached hydrogen (secondary N) is 2. The molecule has 0 aliphatic carbocycles. The van der Waals surface area contributed by atoms with E-state index in [0.29, 0.717) is 22.6 Å². The van der Waals surface area contributed by atoms with Gasteiger partial charge in [-0.1, -0.05) is 17.3 Å². The molecular weight excluding hydrogens is 405 g/mol. The molecule has 1 aromatic carbocycles. The van der Waals surface area contributed by atoms with E-state index in [4.69, 9.17) is 4.74 Å². The largest absolute Gasteiger partial charge is 0.491 e. The van der Waals surface area contributed by atoms with Gasteiger partial charge in [-0.15, -0.1) is 0 Å². The number of carbonyl (C=O) groups excluding carboxylic acids is 1. The molecule has 0 saturated heterocycles. The number of hydrogen-bond acceptors (Lipinski definition) is 6. The van der Waals surface area contributed by atoms with Crippen molar-refractivity contribution in [2.45, 2.75) is 19.5 Å². The molecule has 0 fully saturated rings. The van der Waals surface area contributed by atoms with Crippen molar-refractivity contribution in [1.82, 2.24) is 20.4 Å². The van der Waals surface area contributed by atoms with Gasteiger partial charge >= 0.3 is 11.9 Å². The van der Waals surface area contributed by atoms with Crippen molar-refractivity contribution in [3.05, 3.63) is 63.9 Å². The number of aromatic amines is 1. The van der Waals surface area contributed by atoms with Crippen molar-refractivity contribution in [3.8, 4) is 17.1 Å². The summed E-state index contributed by atoms with van der Waals surface area (Å²) >= 11 is 0. The van der Waals surface area contributed by atoms with Gasteiger partial charge in [0.25, 0.3) is 0 Å². The van der Waals surface area contributed by atoms with Gasteiger partial charge in [0, 0.05) is 19.5 Å². The SMILES string of the molecule is CC(=O)NCCOc1ccnc(Cc2ccc(C(F)(F)F)cc2)c1-c1noc(=O)[nH]1. The monoisotopic (exact) mass is 422 g/mol. The summed E-state index contributed by atoms with van der Waals surface area (Å²) in [6, 6.07) is 6.22. The molecule has 0 spiro atoms. The molecule has 30 heavy (non-hydrogen) atoms. The van der Waals surface area contributed by atoms with Gasteiger partial charge in [-0.3, -0.25) is 19.3 Å². The van der Waals surface area contributed by atoms with Crippen LogP contribution in [0.5, 0.6) is 5.75 Å². The summed E-state index contributed by atoms with van der Waals surface area (Å²) in [5.41, 5.74) is 0.565. The van der Waals surface area contributed by atoms with E-state index >= 15 is 0 Å². The van der Waals surface area contributed by atoms with E-state index in [1.165, 1.54) is 25.3 Å². The first-order valence-corrected chi connectivity index (χ1v) is 8.81. The number of carbonyl (C=O) groups is 1. The van der Waals surface area contributed by atoms with E-state index in [2.05, 4.69) is 25.0 Å². The van der Waals surface area contributed by atoms with Crippen LogP contribution in [0.4, 0.5) is 13.2 Å². The van der Waals surface area contributed by atoms with E-state index in [-0.39, 0.29) is 31.3 Å². The summed E-state index contributed by atoms with van der Waals surface area (Å²) in [5, 5.41) is 6.26. The van der Waals surface area contributed by atoms with Crippen molar-refractivity contribution in [3.63, 3.8) is 0 Å². The predicted octanol–water partition coefficient (Wildman–Crippen LogP) is 2.55. The standard InChI is InChI=1S/C19H17F3N4O4/c1-11(27)23-8-9-29-15-6-7-24-14(16(15)17-25-18(28)30-26-17)10-12-2-4-13(5-3-12)19(20,21)22/h2-7H,8-10H2,1H3,(H,23,27)(H,25,26,28). The molecule has 2 aromatic heterocycles. The summed E-state index contributed by atoms with van der Waals surface area (Å²) < 4.78 is 48.6. The third-order valence-electron chi connectivity index (χ3n) is 4.05. The summed E-state index contributed by atoms with van der Waals surface area (Å²) in [6.45, 7) is 1.76. The Kier molecular flexibility index (Phi) is 6.19. The molecular formula is C19H17F3N4O4. The third kappa shape index (κ3) is 5.25. The predicted molar refractivity (Wildman–Crippen MR) is 98.8 cm³/mol. The minimum absolute atomic E-state index is 0.0736. The molecule has 0 atom stereocenters. The molecule has 3 aromatic rings. The Morgan fingerprint density at radius 2 is 1.97 bits per heavy atom. The first-order chi connectivity index (χ1) is 14.2. The Labute approximate surface area is 168 Å². The minimum Gasteiger partial charge on any atom is -0.491 e. The van der Waals surface area contributed by atoms with E-state index in [1.54, 1.807) is 6.07 Å². The third-order valence-corrected chi connectivity index (χ3v) is 4.05. The molecule has 2 heterocycles. The van der Waals surface area contributed by atoms with Gasteiger partial charge in [0.1, 0.15) is 12.4 Å². The van der Waals surface area contributed by atoms with Crippen molar-refractivity contribution in [1.29, 1.82) is 0 Å². The number of benzene rings is 1. The summed E-state index contributed by atoms with van der Waals surface area (Å²) in [7, 11) is 0. The van der Waals surface area contributed by atoms with Crippen LogP contribution >= 0.6 is 0 Å². The van der Waals surface area contributed by atoms with Crippen LogP contribution in [0.25, 0.3) is 11.4 Å². The van der Waals surface area contributed by atoms with E-state index in [0.717, 1.165) is 12.1 Å². The van der Waals surface area contributed by atoms with E-state index < -0.39 is 17.5 Å². The lowest BCUT2D eigenvalue weighted by Crippen LogP contribution is -2.25. The Bertz CT molecular complexity index is 1070. The Hall–Kier alpha value is -3.63. The normalized spacial score (nSPS) is 11.3. The van der Waals surface area contributed by atoms with Crippen LogP contribution in [0, 0.1) is 0 Å². The fraction of sp³-hybridized carbons (Fsp3) is 0.263. The molecule has 8 nitrogen and oxygen atoms in total. The maximum Gasteiger partial charge on any atom is 0.439 e. The molecule has 0 bridgehead atoms. The zero-order valence-corrected chi connectivity index (χ0v) is 15.7. The molecule has 0 saturated carbocycles. The molecule has 11 heteroatoms. The fourth-order valence-electron chi connectivity index (χ4n) is 2.72. The summed E-state index contributed by atoms with van der Waals surface area (Å²) in [6.07, 6.45) is -2.80. The minimum atomic E-state index is -4.43. The van der Waals surface area contributed by atoms with Crippen LogP contribution in [0.1, 0.15) is 23.7 Å². The van der Waals surface area contributed by atoms with Crippen LogP contribution in [-0.2, 0) is 17.4 Å².